The van der Waals surface area contributed by atoms with Crippen molar-refractivity contribution in [3.05, 3.63) is 97.1 Å². The van der Waals surface area contributed by atoms with Crippen LogP contribution in [-0.2, 0) is 0 Å². The first-order valence-corrected chi connectivity index (χ1v) is 7.36. The van der Waals surface area contributed by atoms with Crippen molar-refractivity contribution >= 4 is 12.2 Å². The first-order valence-electron chi connectivity index (χ1n) is 7.36. The minimum atomic E-state index is 1.14. The molecule has 3 aromatic rings. The molecular weight excluding hydrogens is 264 g/mol. The minimum Gasteiger partial charge on any atom is -0.0985 e. The third-order valence-corrected chi connectivity index (χ3v) is 3.80. The fraction of sp³-hybridized carbons (Fsp3) is 0. The molecule has 0 atom stereocenters. The zero-order chi connectivity index (χ0) is 15.4. The van der Waals surface area contributed by atoms with Crippen LogP contribution in [0.25, 0.3) is 34.4 Å². The molecule has 0 aromatic heterocycles. The van der Waals surface area contributed by atoms with Gasteiger partial charge in [-0.05, 0) is 45.5 Å². The summed E-state index contributed by atoms with van der Waals surface area (Å²) in [6.07, 6.45) is 3.75. The normalized spacial score (nSPS) is 10.2. The zero-order valence-electron chi connectivity index (χ0n) is 12.5. The molecule has 0 heterocycles. The van der Waals surface area contributed by atoms with E-state index >= 15 is 0 Å². The van der Waals surface area contributed by atoms with Crippen LogP contribution in [0.2, 0.25) is 0 Å². The molecular formula is C22H18. The Hall–Kier alpha value is -2.86. The maximum absolute atomic E-state index is 3.83. The van der Waals surface area contributed by atoms with Crippen molar-refractivity contribution in [3.8, 4) is 22.3 Å². The molecule has 0 heteroatoms. The fourth-order valence-electron chi connectivity index (χ4n) is 2.55. The molecule has 0 bridgehead atoms. The molecule has 0 saturated heterocycles. The van der Waals surface area contributed by atoms with Crippen molar-refractivity contribution < 1.29 is 0 Å². The van der Waals surface area contributed by atoms with Crippen LogP contribution >= 0.6 is 0 Å². The van der Waals surface area contributed by atoms with Crippen molar-refractivity contribution in [2.75, 3.05) is 0 Å². The zero-order valence-corrected chi connectivity index (χ0v) is 12.5. The summed E-state index contributed by atoms with van der Waals surface area (Å²) in [5, 5.41) is 0. The van der Waals surface area contributed by atoms with Crippen molar-refractivity contribution in [1.29, 1.82) is 0 Å². The Morgan fingerprint density at radius 3 is 1.27 bits per heavy atom. The van der Waals surface area contributed by atoms with Gasteiger partial charge in [0.2, 0.25) is 0 Å². The lowest BCUT2D eigenvalue weighted by molar-refractivity contribution is 1.57. The lowest BCUT2D eigenvalue weighted by Crippen LogP contribution is -1.82. The van der Waals surface area contributed by atoms with Crippen LogP contribution in [0.5, 0.6) is 0 Å². The van der Waals surface area contributed by atoms with Crippen LogP contribution in [-0.4, -0.2) is 0 Å². The van der Waals surface area contributed by atoms with E-state index in [0.29, 0.717) is 0 Å². The van der Waals surface area contributed by atoms with E-state index in [1.165, 1.54) is 22.3 Å². The van der Waals surface area contributed by atoms with E-state index in [9.17, 15) is 0 Å². The lowest BCUT2D eigenvalue weighted by Gasteiger charge is -2.06. The molecule has 0 radical (unpaired) electrons. The summed E-state index contributed by atoms with van der Waals surface area (Å²) >= 11 is 0. The van der Waals surface area contributed by atoms with E-state index in [1.54, 1.807) is 0 Å². The SMILES string of the molecule is C=Cc1cccc(-c2ccc(-c3cccc(C=C)c3)cc2)c1. The van der Waals surface area contributed by atoms with Crippen LogP contribution < -0.4 is 0 Å². The Labute approximate surface area is 132 Å². The smallest absolute Gasteiger partial charge is 0.0178 e. The Bertz CT molecular complexity index is 737. The lowest BCUT2D eigenvalue weighted by atomic mass is 9.98. The topological polar surface area (TPSA) is 0 Å². The number of hydrogen-bond acceptors (Lipinski definition) is 0. The molecule has 0 amide bonds. The highest BCUT2D eigenvalue weighted by Gasteiger charge is 2.01. The van der Waals surface area contributed by atoms with Gasteiger partial charge in [0.15, 0.2) is 0 Å². The fourth-order valence-corrected chi connectivity index (χ4v) is 2.55. The third kappa shape index (κ3) is 2.91. The van der Waals surface area contributed by atoms with Gasteiger partial charge in [0.1, 0.15) is 0 Å². The molecule has 3 rings (SSSR count). The molecule has 0 spiro atoms. The maximum atomic E-state index is 3.83. The molecule has 3 aromatic carbocycles. The quantitative estimate of drug-likeness (QED) is 0.526. The molecule has 0 unspecified atom stereocenters. The van der Waals surface area contributed by atoms with Gasteiger partial charge in [-0.3, -0.25) is 0 Å². The van der Waals surface area contributed by atoms with Crippen LogP contribution in [0, 0.1) is 0 Å². The van der Waals surface area contributed by atoms with Gasteiger partial charge in [0, 0.05) is 0 Å². The minimum absolute atomic E-state index is 1.14. The third-order valence-electron chi connectivity index (χ3n) is 3.80. The Kier molecular flexibility index (Phi) is 4.02. The summed E-state index contributed by atoms with van der Waals surface area (Å²) < 4.78 is 0. The number of benzene rings is 3. The van der Waals surface area contributed by atoms with E-state index in [4.69, 9.17) is 0 Å². The summed E-state index contributed by atoms with van der Waals surface area (Å²) in [5.41, 5.74) is 7.13. The summed E-state index contributed by atoms with van der Waals surface area (Å²) in [5.74, 6) is 0. The van der Waals surface area contributed by atoms with E-state index in [2.05, 4.69) is 86.0 Å². The number of rotatable bonds is 4. The molecule has 0 saturated carbocycles. The molecule has 0 nitrogen and oxygen atoms in total. The Balaban J connectivity index is 1.95. The van der Waals surface area contributed by atoms with Crippen LogP contribution in [0.15, 0.2) is 86.0 Å². The van der Waals surface area contributed by atoms with Gasteiger partial charge >= 0.3 is 0 Å². The monoisotopic (exact) mass is 282 g/mol. The molecule has 0 aliphatic carbocycles. The van der Waals surface area contributed by atoms with E-state index in [-0.39, 0.29) is 0 Å². The molecule has 0 aliphatic rings. The predicted octanol–water partition coefficient (Wildman–Crippen LogP) is 6.31. The standard InChI is InChI=1S/C22H18/c1-3-17-7-5-9-21(15-17)19-11-13-20(14-12-19)22-10-6-8-18(4-2)16-22/h3-16H,1-2H2. The second-order valence-electron chi connectivity index (χ2n) is 5.24. The van der Waals surface area contributed by atoms with Gasteiger partial charge in [-0.25, -0.2) is 0 Å². The van der Waals surface area contributed by atoms with Crippen LogP contribution in [0.4, 0.5) is 0 Å². The van der Waals surface area contributed by atoms with Crippen molar-refractivity contribution in [2.24, 2.45) is 0 Å². The summed E-state index contributed by atoms with van der Waals surface area (Å²) in [4.78, 5) is 0. The second-order valence-corrected chi connectivity index (χ2v) is 5.24. The van der Waals surface area contributed by atoms with Crippen LogP contribution in [0.1, 0.15) is 11.1 Å². The van der Waals surface area contributed by atoms with Crippen molar-refractivity contribution in [1.82, 2.24) is 0 Å². The van der Waals surface area contributed by atoms with Gasteiger partial charge in [0.25, 0.3) is 0 Å². The molecule has 22 heavy (non-hydrogen) atoms. The molecule has 0 fully saturated rings. The van der Waals surface area contributed by atoms with Gasteiger partial charge in [-0.2, -0.15) is 0 Å². The second kappa shape index (κ2) is 6.28. The highest BCUT2D eigenvalue weighted by atomic mass is 14.1. The highest BCUT2D eigenvalue weighted by Crippen LogP contribution is 2.26. The summed E-state index contributed by atoms with van der Waals surface area (Å²) in [6.45, 7) is 7.66. The maximum Gasteiger partial charge on any atom is -0.0178 e. The first kappa shape index (κ1) is 14.1. The van der Waals surface area contributed by atoms with E-state index in [0.717, 1.165) is 11.1 Å². The van der Waals surface area contributed by atoms with Gasteiger partial charge in [0.05, 0.1) is 0 Å². The van der Waals surface area contributed by atoms with Crippen LogP contribution in [0.3, 0.4) is 0 Å². The van der Waals surface area contributed by atoms with E-state index < -0.39 is 0 Å². The first-order chi connectivity index (χ1) is 10.8. The average Bonchev–Trinajstić information content (AvgIpc) is 2.62. The average molecular weight is 282 g/mol. The van der Waals surface area contributed by atoms with Crippen molar-refractivity contribution in [3.63, 3.8) is 0 Å². The van der Waals surface area contributed by atoms with Gasteiger partial charge in [-0.1, -0.05) is 86.0 Å². The van der Waals surface area contributed by atoms with Crippen molar-refractivity contribution in [2.45, 2.75) is 0 Å². The van der Waals surface area contributed by atoms with Gasteiger partial charge in [-0.15, -0.1) is 0 Å². The largest absolute Gasteiger partial charge is 0.0985 e. The Morgan fingerprint density at radius 1 is 0.500 bits per heavy atom. The highest BCUT2D eigenvalue weighted by molar-refractivity contribution is 5.73. The Morgan fingerprint density at radius 2 is 0.909 bits per heavy atom. The predicted molar refractivity (Wildman–Crippen MR) is 97.5 cm³/mol. The van der Waals surface area contributed by atoms with Gasteiger partial charge < -0.3 is 0 Å². The number of hydrogen-bond donors (Lipinski definition) is 0. The summed E-state index contributed by atoms with van der Waals surface area (Å²) in [6, 6.07) is 25.5. The van der Waals surface area contributed by atoms with E-state index in [1.807, 2.05) is 12.2 Å². The molecule has 0 N–H and O–H groups in total. The molecule has 106 valence electrons. The molecule has 0 aliphatic heterocycles. The summed E-state index contributed by atoms with van der Waals surface area (Å²) in [7, 11) is 0.